The summed E-state index contributed by atoms with van der Waals surface area (Å²) in [6.07, 6.45) is 9.98. The summed E-state index contributed by atoms with van der Waals surface area (Å²) >= 11 is 0. The number of likely N-dealkylation sites (tertiary alicyclic amines) is 1. The van der Waals surface area contributed by atoms with Gasteiger partial charge in [0.05, 0.1) is 12.1 Å². The van der Waals surface area contributed by atoms with E-state index in [9.17, 15) is 4.79 Å². The number of hydrogen-bond acceptors (Lipinski definition) is 4. The van der Waals surface area contributed by atoms with Crippen LogP contribution in [0.15, 0.2) is 30.7 Å². The zero-order chi connectivity index (χ0) is 16.9. The summed E-state index contributed by atoms with van der Waals surface area (Å²) in [7, 11) is 3.89. The van der Waals surface area contributed by atoms with Gasteiger partial charge in [-0.15, -0.1) is 0 Å². The van der Waals surface area contributed by atoms with Gasteiger partial charge >= 0.3 is 0 Å². The first-order valence-corrected chi connectivity index (χ1v) is 8.73. The summed E-state index contributed by atoms with van der Waals surface area (Å²) in [5.41, 5.74) is 2.34. The molecule has 0 aromatic carbocycles. The Labute approximate surface area is 143 Å². The average Bonchev–Trinajstić information content (AvgIpc) is 2.80. The number of amides is 1. The number of fused-ring (bicyclic) bond motifs is 1. The molecular weight excluding hydrogens is 300 g/mol. The lowest BCUT2D eigenvalue weighted by molar-refractivity contribution is -0.131. The Hall–Kier alpha value is -2.01. The van der Waals surface area contributed by atoms with Crippen molar-refractivity contribution in [3.63, 3.8) is 0 Å². The predicted octanol–water partition coefficient (Wildman–Crippen LogP) is 2.36. The van der Waals surface area contributed by atoms with Crippen molar-refractivity contribution in [2.75, 3.05) is 33.7 Å². The lowest BCUT2D eigenvalue weighted by Gasteiger charge is -2.22. The summed E-state index contributed by atoms with van der Waals surface area (Å²) < 4.78 is 0. The maximum atomic E-state index is 12.3. The molecule has 0 radical (unpaired) electrons. The van der Waals surface area contributed by atoms with Crippen LogP contribution in [0.2, 0.25) is 0 Å². The van der Waals surface area contributed by atoms with E-state index in [4.69, 9.17) is 0 Å². The third-order valence-electron chi connectivity index (χ3n) is 4.79. The molecule has 1 fully saturated rings. The molecule has 24 heavy (non-hydrogen) atoms. The topological polar surface area (TPSA) is 49.3 Å². The summed E-state index contributed by atoms with van der Waals surface area (Å²) in [5.74, 6) is 0.868. The second-order valence-corrected chi connectivity index (χ2v) is 6.98. The second-order valence-electron chi connectivity index (χ2n) is 6.98. The highest BCUT2D eigenvalue weighted by molar-refractivity contribution is 5.80. The van der Waals surface area contributed by atoms with Gasteiger partial charge in [0.25, 0.3) is 0 Å². The summed E-state index contributed by atoms with van der Waals surface area (Å²) in [6, 6.07) is 4.08. The van der Waals surface area contributed by atoms with Crippen molar-refractivity contribution in [1.82, 2.24) is 19.8 Å². The van der Waals surface area contributed by atoms with E-state index in [-0.39, 0.29) is 5.91 Å². The first kappa shape index (κ1) is 16.8. The van der Waals surface area contributed by atoms with Gasteiger partial charge in [-0.25, -0.2) is 0 Å². The smallest absolute Gasteiger partial charge is 0.236 e. The van der Waals surface area contributed by atoms with Gasteiger partial charge in [0, 0.05) is 37.1 Å². The van der Waals surface area contributed by atoms with Crippen LogP contribution >= 0.6 is 0 Å². The van der Waals surface area contributed by atoms with Crippen LogP contribution in [0.5, 0.6) is 0 Å². The second kappa shape index (κ2) is 7.71. The fraction of sp³-hybridized carbons (Fsp3) is 0.526. The minimum atomic E-state index is 0.249. The van der Waals surface area contributed by atoms with Crippen LogP contribution in [-0.2, 0) is 11.2 Å². The van der Waals surface area contributed by atoms with Crippen LogP contribution in [0, 0.1) is 5.92 Å². The average molecular weight is 326 g/mol. The molecule has 1 atom stereocenters. The van der Waals surface area contributed by atoms with Crippen LogP contribution in [0.4, 0.5) is 0 Å². The highest BCUT2D eigenvalue weighted by Crippen LogP contribution is 2.25. The molecule has 3 heterocycles. The molecule has 0 saturated carbocycles. The van der Waals surface area contributed by atoms with E-state index in [1.165, 1.54) is 12.0 Å². The first-order valence-electron chi connectivity index (χ1n) is 8.73. The Balaban J connectivity index is 1.65. The molecule has 2 aromatic heterocycles. The normalized spacial score (nSPS) is 18.8. The lowest BCUT2D eigenvalue weighted by Crippen LogP contribution is -2.38. The molecule has 0 bridgehead atoms. The van der Waals surface area contributed by atoms with Crippen LogP contribution in [0.3, 0.4) is 0 Å². The number of carbonyl (C=O) groups excluding carboxylic acids is 1. The largest absolute Gasteiger partial charge is 0.342 e. The van der Waals surface area contributed by atoms with Crippen LogP contribution < -0.4 is 0 Å². The molecule has 1 aliphatic rings. The van der Waals surface area contributed by atoms with Crippen molar-refractivity contribution in [2.24, 2.45) is 5.92 Å². The minimum absolute atomic E-state index is 0.249. The molecule has 1 unspecified atom stereocenters. The van der Waals surface area contributed by atoms with Gasteiger partial charge in [-0.3, -0.25) is 14.8 Å². The Kier molecular flexibility index (Phi) is 5.41. The van der Waals surface area contributed by atoms with Gasteiger partial charge in [0.1, 0.15) is 0 Å². The number of rotatable bonds is 4. The van der Waals surface area contributed by atoms with Crippen LogP contribution in [-0.4, -0.2) is 59.4 Å². The van der Waals surface area contributed by atoms with Crippen LogP contribution in [0.25, 0.3) is 10.9 Å². The maximum Gasteiger partial charge on any atom is 0.236 e. The van der Waals surface area contributed by atoms with E-state index >= 15 is 0 Å². The Morgan fingerprint density at radius 3 is 2.96 bits per heavy atom. The summed E-state index contributed by atoms with van der Waals surface area (Å²) in [4.78, 5) is 24.9. The fourth-order valence-electron chi connectivity index (χ4n) is 3.52. The molecule has 3 rings (SSSR count). The SMILES string of the molecule is CN(C)CC(=O)N1CCCC(Cc2ccnc3ccncc23)CC1. The van der Waals surface area contributed by atoms with Gasteiger partial charge in [0.15, 0.2) is 0 Å². The number of carbonyl (C=O) groups is 1. The maximum absolute atomic E-state index is 12.3. The number of likely N-dealkylation sites (N-methyl/N-ethyl adjacent to an activating group) is 1. The van der Waals surface area contributed by atoms with E-state index in [0.717, 1.165) is 43.3 Å². The quantitative estimate of drug-likeness (QED) is 0.865. The number of aromatic nitrogens is 2. The molecule has 1 amide bonds. The van der Waals surface area contributed by atoms with E-state index in [1.807, 2.05) is 42.4 Å². The monoisotopic (exact) mass is 326 g/mol. The van der Waals surface area contributed by atoms with E-state index < -0.39 is 0 Å². The molecule has 0 N–H and O–H groups in total. The van der Waals surface area contributed by atoms with Gasteiger partial charge in [-0.2, -0.15) is 0 Å². The van der Waals surface area contributed by atoms with E-state index in [1.54, 1.807) is 6.20 Å². The molecule has 0 spiro atoms. The Bertz CT molecular complexity index is 695. The van der Waals surface area contributed by atoms with Crippen molar-refractivity contribution >= 4 is 16.8 Å². The molecular formula is C19H26N4O. The van der Waals surface area contributed by atoms with Crippen molar-refractivity contribution in [1.29, 1.82) is 0 Å². The van der Waals surface area contributed by atoms with Gasteiger partial charge in [-0.1, -0.05) is 0 Å². The minimum Gasteiger partial charge on any atom is -0.342 e. The standard InChI is InChI=1S/C19H26N4O/c1-22(2)14-19(24)23-10-3-4-15(7-11-23)12-16-5-9-21-18-6-8-20-13-17(16)18/h5-6,8-9,13,15H,3-4,7,10-12,14H2,1-2H3. The molecule has 5 heteroatoms. The first-order chi connectivity index (χ1) is 11.6. The van der Waals surface area contributed by atoms with Crippen LogP contribution in [0.1, 0.15) is 24.8 Å². The highest BCUT2D eigenvalue weighted by Gasteiger charge is 2.21. The summed E-state index contributed by atoms with van der Waals surface area (Å²) in [5, 5.41) is 1.16. The molecule has 1 saturated heterocycles. The summed E-state index contributed by atoms with van der Waals surface area (Å²) in [6.45, 7) is 2.27. The number of hydrogen-bond donors (Lipinski definition) is 0. The van der Waals surface area contributed by atoms with Crippen molar-refractivity contribution in [2.45, 2.75) is 25.7 Å². The van der Waals surface area contributed by atoms with Crippen molar-refractivity contribution < 1.29 is 4.79 Å². The van der Waals surface area contributed by atoms with Crippen molar-refractivity contribution in [3.8, 4) is 0 Å². The third-order valence-corrected chi connectivity index (χ3v) is 4.79. The van der Waals surface area contributed by atoms with E-state index in [0.29, 0.717) is 12.5 Å². The Morgan fingerprint density at radius 1 is 1.25 bits per heavy atom. The highest BCUT2D eigenvalue weighted by atomic mass is 16.2. The Morgan fingerprint density at radius 2 is 2.12 bits per heavy atom. The molecule has 2 aromatic rings. The third kappa shape index (κ3) is 4.09. The molecule has 5 nitrogen and oxygen atoms in total. The zero-order valence-corrected chi connectivity index (χ0v) is 14.6. The zero-order valence-electron chi connectivity index (χ0n) is 14.6. The molecule has 1 aliphatic heterocycles. The lowest BCUT2D eigenvalue weighted by atomic mass is 9.92. The number of pyridine rings is 2. The van der Waals surface area contributed by atoms with Gasteiger partial charge in [-0.05, 0) is 63.4 Å². The van der Waals surface area contributed by atoms with E-state index in [2.05, 4.69) is 16.0 Å². The number of nitrogens with zero attached hydrogens (tertiary/aromatic N) is 4. The molecule has 128 valence electrons. The predicted molar refractivity (Wildman–Crippen MR) is 95.7 cm³/mol. The van der Waals surface area contributed by atoms with Gasteiger partial charge < -0.3 is 9.80 Å². The van der Waals surface area contributed by atoms with Gasteiger partial charge in [0.2, 0.25) is 5.91 Å². The van der Waals surface area contributed by atoms with Crippen molar-refractivity contribution in [3.05, 3.63) is 36.3 Å². The molecule has 0 aliphatic carbocycles. The fourth-order valence-corrected chi connectivity index (χ4v) is 3.52.